The fourth-order valence-corrected chi connectivity index (χ4v) is 4.43. The summed E-state index contributed by atoms with van der Waals surface area (Å²) in [5, 5.41) is 20.0. The van der Waals surface area contributed by atoms with Crippen molar-refractivity contribution in [3.63, 3.8) is 0 Å². The van der Waals surface area contributed by atoms with Gasteiger partial charge >= 0.3 is 11.9 Å². The number of hydrogen-bond donors (Lipinski definition) is 2. The van der Waals surface area contributed by atoms with Gasteiger partial charge < -0.3 is 24.4 Å². The molecule has 1 fully saturated rings. The van der Waals surface area contributed by atoms with Gasteiger partial charge in [-0.3, -0.25) is 14.5 Å². The lowest BCUT2D eigenvalue weighted by atomic mass is 10.0. The highest BCUT2D eigenvalue weighted by atomic mass is 19.1. The highest BCUT2D eigenvalue weighted by Crippen LogP contribution is 2.34. The largest absolute Gasteiger partial charge is 0.497 e. The minimum Gasteiger partial charge on any atom is -0.497 e. The lowest BCUT2D eigenvalue weighted by Crippen LogP contribution is -2.49. The number of hydrogen-bond acceptors (Lipinski definition) is 5. The number of benzene rings is 2. The molecule has 1 atom stereocenters. The third-order valence-corrected chi connectivity index (χ3v) is 6.09. The molecule has 174 valence electrons. The molecule has 0 amide bonds. The van der Waals surface area contributed by atoms with Crippen molar-refractivity contribution in [2.75, 3.05) is 38.2 Å². The quantitative estimate of drug-likeness (QED) is 0.539. The second kappa shape index (κ2) is 9.50. The Labute approximate surface area is 190 Å². The zero-order valence-corrected chi connectivity index (χ0v) is 18.3. The maximum absolute atomic E-state index is 13.2. The molecule has 0 unspecified atom stereocenters. The summed E-state index contributed by atoms with van der Waals surface area (Å²) in [5.74, 6) is -1.58. The summed E-state index contributed by atoms with van der Waals surface area (Å²) >= 11 is 0. The first kappa shape index (κ1) is 22.6. The van der Waals surface area contributed by atoms with Gasteiger partial charge in [-0.1, -0.05) is 0 Å². The number of carbonyl (C=O) groups is 2. The van der Waals surface area contributed by atoms with Crippen molar-refractivity contribution in [3.05, 3.63) is 60.0 Å². The zero-order chi connectivity index (χ0) is 23.5. The fraction of sp³-hybridized carbons (Fsp3) is 0.333. The Morgan fingerprint density at radius 3 is 2.36 bits per heavy atom. The van der Waals surface area contributed by atoms with Gasteiger partial charge in [0.05, 0.1) is 13.5 Å². The lowest BCUT2D eigenvalue weighted by Gasteiger charge is -2.38. The molecule has 0 saturated carbocycles. The number of carboxylic acids is 2. The van der Waals surface area contributed by atoms with Gasteiger partial charge in [0.2, 0.25) is 0 Å². The molecule has 2 N–H and O–H groups in total. The topological polar surface area (TPSA) is 95.2 Å². The zero-order valence-electron chi connectivity index (χ0n) is 18.3. The van der Waals surface area contributed by atoms with Crippen LogP contribution in [0.15, 0.2) is 48.7 Å². The first-order valence-corrected chi connectivity index (χ1v) is 10.7. The Hall–Kier alpha value is -3.59. The molecule has 1 saturated heterocycles. The second-order valence-electron chi connectivity index (χ2n) is 8.04. The fourth-order valence-electron chi connectivity index (χ4n) is 4.43. The number of aliphatic carboxylic acids is 2. The first-order valence-electron chi connectivity index (χ1n) is 10.7. The minimum absolute atomic E-state index is 0.0661. The van der Waals surface area contributed by atoms with Crippen molar-refractivity contribution in [2.45, 2.75) is 19.0 Å². The molecule has 0 spiro atoms. The van der Waals surface area contributed by atoms with Crippen LogP contribution < -0.4 is 9.64 Å². The highest BCUT2D eigenvalue weighted by Gasteiger charge is 2.33. The van der Waals surface area contributed by atoms with Crippen LogP contribution in [0.25, 0.3) is 10.9 Å². The van der Waals surface area contributed by atoms with Gasteiger partial charge in [-0.05, 0) is 42.5 Å². The van der Waals surface area contributed by atoms with Gasteiger partial charge in [0.15, 0.2) is 0 Å². The Morgan fingerprint density at radius 2 is 1.76 bits per heavy atom. The Bertz CT molecular complexity index is 1150. The maximum Gasteiger partial charge on any atom is 0.325 e. The number of aromatic nitrogens is 1. The van der Waals surface area contributed by atoms with Crippen LogP contribution in [0, 0.1) is 5.82 Å². The highest BCUT2D eigenvalue weighted by molar-refractivity contribution is 5.90. The normalized spacial score (nSPS) is 15.5. The Kier molecular flexibility index (Phi) is 6.50. The average Bonchev–Trinajstić information content (AvgIpc) is 3.16. The number of ether oxygens (including phenoxy) is 1. The van der Waals surface area contributed by atoms with Crippen molar-refractivity contribution < 1.29 is 28.9 Å². The third-order valence-electron chi connectivity index (χ3n) is 6.09. The molecule has 2 aromatic carbocycles. The van der Waals surface area contributed by atoms with Crippen molar-refractivity contribution in [2.24, 2.45) is 0 Å². The molecule has 8 nitrogen and oxygen atoms in total. The van der Waals surface area contributed by atoms with Crippen LogP contribution in [-0.4, -0.2) is 64.9 Å². The van der Waals surface area contributed by atoms with Crippen LogP contribution in [0.1, 0.15) is 18.0 Å². The van der Waals surface area contributed by atoms with Crippen molar-refractivity contribution in [3.8, 4) is 5.75 Å². The number of anilines is 1. The maximum atomic E-state index is 13.2. The van der Waals surface area contributed by atoms with Gasteiger partial charge in [-0.2, -0.15) is 0 Å². The molecule has 9 heteroatoms. The van der Waals surface area contributed by atoms with E-state index in [1.165, 1.54) is 12.1 Å². The summed E-state index contributed by atoms with van der Waals surface area (Å²) in [6, 6.07) is 10.8. The van der Waals surface area contributed by atoms with E-state index in [0.29, 0.717) is 37.5 Å². The molecule has 4 rings (SSSR count). The average molecular weight is 455 g/mol. The van der Waals surface area contributed by atoms with Gasteiger partial charge in [0, 0.05) is 61.1 Å². The van der Waals surface area contributed by atoms with Crippen molar-refractivity contribution >= 4 is 28.5 Å². The summed E-state index contributed by atoms with van der Waals surface area (Å²) < 4.78 is 20.4. The van der Waals surface area contributed by atoms with Gasteiger partial charge in [-0.25, -0.2) is 4.39 Å². The van der Waals surface area contributed by atoms with Gasteiger partial charge in [0.25, 0.3) is 0 Å². The summed E-state index contributed by atoms with van der Waals surface area (Å²) in [5.41, 5.74) is 2.28. The summed E-state index contributed by atoms with van der Waals surface area (Å²) in [6.07, 6.45) is 1.68. The van der Waals surface area contributed by atoms with Crippen LogP contribution in [0.5, 0.6) is 5.75 Å². The third kappa shape index (κ3) is 4.78. The number of fused-ring (bicyclic) bond motifs is 1. The predicted molar refractivity (Wildman–Crippen MR) is 121 cm³/mol. The van der Waals surface area contributed by atoms with Crippen LogP contribution in [0.3, 0.4) is 0 Å². The molecule has 33 heavy (non-hydrogen) atoms. The number of methoxy groups -OCH3 is 1. The molecule has 1 aliphatic rings. The van der Waals surface area contributed by atoms with Crippen LogP contribution in [0.2, 0.25) is 0 Å². The molecular formula is C24H26FN3O5. The summed E-state index contributed by atoms with van der Waals surface area (Å²) in [6.45, 7) is 2.48. The number of piperazine rings is 1. The monoisotopic (exact) mass is 455 g/mol. The van der Waals surface area contributed by atoms with E-state index >= 15 is 0 Å². The van der Waals surface area contributed by atoms with Crippen molar-refractivity contribution in [1.82, 2.24) is 9.47 Å². The van der Waals surface area contributed by atoms with Crippen LogP contribution in [-0.2, 0) is 16.1 Å². The smallest absolute Gasteiger partial charge is 0.325 e. The minimum atomic E-state index is -0.967. The molecule has 0 radical (unpaired) electrons. The number of nitrogens with zero attached hydrogens (tertiary/aromatic N) is 3. The van der Waals surface area contributed by atoms with E-state index in [4.69, 9.17) is 9.84 Å². The number of halogens is 1. The molecule has 3 aromatic rings. The van der Waals surface area contributed by atoms with Gasteiger partial charge in [-0.15, -0.1) is 0 Å². The number of rotatable bonds is 8. The van der Waals surface area contributed by atoms with Crippen LogP contribution >= 0.6 is 0 Å². The van der Waals surface area contributed by atoms with Crippen LogP contribution in [0.4, 0.5) is 10.1 Å². The van der Waals surface area contributed by atoms with E-state index in [2.05, 4.69) is 4.90 Å². The summed E-state index contributed by atoms with van der Waals surface area (Å²) in [4.78, 5) is 27.6. The predicted octanol–water partition coefficient (Wildman–Crippen LogP) is 3.21. The molecule has 2 heterocycles. The standard InChI is InChI=1S/C24H26FN3O5/c1-33-18-6-7-21-19(14-18)20(15-28(21)9-8-22(29)30)23(24(31)32)27-12-10-26(11-13-27)17-4-2-16(25)3-5-17/h2-7,14-15,23H,8-13H2,1H3,(H,29,30)(H,31,32)/t23-/m0/s1. The number of aryl methyl sites for hydroxylation is 1. The molecular weight excluding hydrogens is 429 g/mol. The van der Waals surface area contributed by atoms with Gasteiger partial charge in [0.1, 0.15) is 17.6 Å². The van der Waals surface area contributed by atoms with E-state index in [0.717, 1.165) is 16.6 Å². The molecule has 0 bridgehead atoms. The second-order valence-corrected chi connectivity index (χ2v) is 8.04. The lowest BCUT2D eigenvalue weighted by molar-refractivity contribution is -0.143. The van der Waals surface area contributed by atoms with E-state index in [1.54, 1.807) is 42.1 Å². The Balaban J connectivity index is 1.63. The van der Waals surface area contributed by atoms with E-state index in [1.807, 2.05) is 11.0 Å². The number of carboxylic acid groups (broad SMARTS) is 2. The molecule has 1 aliphatic heterocycles. The molecule has 0 aliphatic carbocycles. The molecule has 1 aromatic heterocycles. The van der Waals surface area contributed by atoms with E-state index < -0.39 is 18.0 Å². The van der Waals surface area contributed by atoms with E-state index in [-0.39, 0.29) is 18.8 Å². The van der Waals surface area contributed by atoms with E-state index in [9.17, 15) is 19.1 Å². The Morgan fingerprint density at radius 1 is 1.06 bits per heavy atom. The van der Waals surface area contributed by atoms with Crippen molar-refractivity contribution in [1.29, 1.82) is 0 Å². The summed E-state index contributed by atoms with van der Waals surface area (Å²) in [7, 11) is 1.55. The first-order chi connectivity index (χ1) is 15.9. The SMILES string of the molecule is COc1ccc2c(c1)c([C@@H](C(=O)O)N1CCN(c3ccc(F)cc3)CC1)cn2CCC(=O)O.